The Labute approximate surface area is 192 Å². The number of nitrogens with zero attached hydrogens (tertiary/aromatic N) is 5. The maximum Gasteiger partial charge on any atom is 0.253 e. The Morgan fingerprint density at radius 2 is 1.78 bits per heavy atom. The zero-order valence-electron chi connectivity index (χ0n) is 18.0. The maximum absolute atomic E-state index is 12.8. The standard InChI is InChI=1S/C24H26ClN5O2/c1-16-2-7-19-20(12-16)26-15-27-23(19)30-13-21(22(31)14-30)28-8-10-29(11-9-28)24(32)17-3-5-18(25)6-4-17/h2-7,12,15,21-22,31H,8-11,13-14H2,1H3/t21-,22-/m0/s1. The van der Waals surface area contributed by atoms with Gasteiger partial charge in [-0.05, 0) is 48.9 Å². The number of aromatic nitrogens is 2. The quantitative estimate of drug-likeness (QED) is 0.660. The van der Waals surface area contributed by atoms with Crippen molar-refractivity contribution in [2.45, 2.75) is 19.1 Å². The number of rotatable bonds is 3. The van der Waals surface area contributed by atoms with Crippen molar-refractivity contribution in [3.05, 3.63) is 64.9 Å². The zero-order valence-corrected chi connectivity index (χ0v) is 18.7. The zero-order chi connectivity index (χ0) is 22.2. The number of amides is 1. The van der Waals surface area contributed by atoms with Crippen molar-refractivity contribution < 1.29 is 9.90 Å². The molecule has 2 aliphatic heterocycles. The molecule has 0 aliphatic carbocycles. The molecule has 0 radical (unpaired) electrons. The summed E-state index contributed by atoms with van der Waals surface area (Å²) in [7, 11) is 0. The first-order chi connectivity index (χ1) is 15.5. The Morgan fingerprint density at radius 1 is 1.03 bits per heavy atom. The Hall–Kier alpha value is -2.74. The monoisotopic (exact) mass is 451 g/mol. The van der Waals surface area contributed by atoms with Gasteiger partial charge >= 0.3 is 0 Å². The Bertz CT molecular complexity index is 1130. The molecule has 2 fully saturated rings. The molecule has 0 unspecified atom stereocenters. The van der Waals surface area contributed by atoms with Crippen LogP contribution in [0.2, 0.25) is 5.02 Å². The van der Waals surface area contributed by atoms with Gasteiger partial charge in [0.2, 0.25) is 0 Å². The number of piperazine rings is 1. The number of hydrogen-bond acceptors (Lipinski definition) is 6. The molecular formula is C24H26ClN5O2. The summed E-state index contributed by atoms with van der Waals surface area (Å²) < 4.78 is 0. The number of carbonyl (C=O) groups is 1. The van der Waals surface area contributed by atoms with Crippen LogP contribution in [0.1, 0.15) is 15.9 Å². The summed E-state index contributed by atoms with van der Waals surface area (Å²) in [6.45, 7) is 6.03. The van der Waals surface area contributed by atoms with Gasteiger partial charge in [-0.3, -0.25) is 9.69 Å². The number of carbonyl (C=O) groups excluding carboxylic acids is 1. The predicted molar refractivity (Wildman–Crippen MR) is 125 cm³/mol. The van der Waals surface area contributed by atoms with Gasteiger partial charge in [-0.15, -0.1) is 0 Å². The van der Waals surface area contributed by atoms with E-state index < -0.39 is 6.10 Å². The minimum absolute atomic E-state index is 0.0123. The molecule has 2 aliphatic rings. The van der Waals surface area contributed by atoms with E-state index in [9.17, 15) is 9.90 Å². The van der Waals surface area contributed by atoms with E-state index >= 15 is 0 Å². The number of fused-ring (bicyclic) bond motifs is 1. The van der Waals surface area contributed by atoms with E-state index in [1.807, 2.05) is 11.8 Å². The summed E-state index contributed by atoms with van der Waals surface area (Å²) in [6.07, 6.45) is 1.13. The summed E-state index contributed by atoms with van der Waals surface area (Å²) in [6, 6.07) is 13.2. The number of anilines is 1. The van der Waals surface area contributed by atoms with Crippen LogP contribution >= 0.6 is 11.6 Å². The second-order valence-corrected chi connectivity index (χ2v) is 9.03. The van der Waals surface area contributed by atoms with E-state index in [4.69, 9.17) is 11.6 Å². The molecule has 0 bridgehead atoms. The first-order valence-corrected chi connectivity index (χ1v) is 11.3. The van der Waals surface area contributed by atoms with Crippen LogP contribution in [0.3, 0.4) is 0 Å². The molecule has 3 heterocycles. The smallest absolute Gasteiger partial charge is 0.253 e. The van der Waals surface area contributed by atoms with Crippen LogP contribution < -0.4 is 4.90 Å². The SMILES string of the molecule is Cc1ccc2c(N3C[C@H](O)[C@@H](N4CCN(C(=O)c5ccc(Cl)cc5)CC4)C3)ncnc2c1. The van der Waals surface area contributed by atoms with Crippen LogP contribution in [0.5, 0.6) is 0 Å². The molecule has 5 rings (SSSR count). The van der Waals surface area contributed by atoms with Gasteiger partial charge in [-0.25, -0.2) is 9.97 Å². The Kier molecular flexibility index (Phi) is 5.71. The summed E-state index contributed by atoms with van der Waals surface area (Å²) in [5, 5.41) is 12.5. The third-order valence-corrected chi connectivity index (χ3v) is 6.74. The van der Waals surface area contributed by atoms with Crippen molar-refractivity contribution in [1.29, 1.82) is 0 Å². The molecule has 8 heteroatoms. The van der Waals surface area contributed by atoms with Gasteiger partial charge < -0.3 is 14.9 Å². The van der Waals surface area contributed by atoms with E-state index in [2.05, 4.69) is 38.0 Å². The Morgan fingerprint density at radius 3 is 2.53 bits per heavy atom. The van der Waals surface area contributed by atoms with E-state index in [0.717, 1.165) is 35.4 Å². The molecule has 7 nitrogen and oxygen atoms in total. The summed E-state index contributed by atoms with van der Waals surface area (Å²) in [4.78, 5) is 28.0. The lowest BCUT2D eigenvalue weighted by atomic mass is 10.1. The van der Waals surface area contributed by atoms with Gasteiger partial charge in [0.1, 0.15) is 12.1 Å². The summed E-state index contributed by atoms with van der Waals surface area (Å²) in [5.74, 6) is 0.894. The molecular weight excluding hydrogens is 426 g/mol. The van der Waals surface area contributed by atoms with E-state index in [1.54, 1.807) is 30.6 Å². The highest BCUT2D eigenvalue weighted by Crippen LogP contribution is 2.28. The number of aryl methyl sites for hydroxylation is 1. The Balaban J connectivity index is 1.25. The molecule has 166 valence electrons. The molecule has 2 atom stereocenters. The largest absolute Gasteiger partial charge is 0.390 e. The lowest BCUT2D eigenvalue weighted by Gasteiger charge is -2.38. The fraction of sp³-hybridized carbons (Fsp3) is 0.375. The van der Waals surface area contributed by atoms with Crippen LogP contribution in [0.25, 0.3) is 10.9 Å². The number of β-amino-alcohol motifs (C(OH)–C–C–N with tert-alkyl or cyclic N) is 1. The highest BCUT2D eigenvalue weighted by atomic mass is 35.5. The van der Waals surface area contributed by atoms with Gasteiger partial charge in [-0.2, -0.15) is 0 Å². The minimum Gasteiger partial charge on any atom is -0.390 e. The van der Waals surface area contributed by atoms with E-state index in [0.29, 0.717) is 36.8 Å². The minimum atomic E-state index is -0.469. The van der Waals surface area contributed by atoms with Gasteiger partial charge in [0.05, 0.1) is 17.7 Å². The van der Waals surface area contributed by atoms with Crippen molar-refractivity contribution in [2.24, 2.45) is 0 Å². The lowest BCUT2D eigenvalue weighted by molar-refractivity contribution is 0.0376. The van der Waals surface area contributed by atoms with Crippen molar-refractivity contribution in [3.63, 3.8) is 0 Å². The second kappa shape index (κ2) is 8.65. The maximum atomic E-state index is 12.8. The predicted octanol–water partition coefficient (Wildman–Crippen LogP) is 2.60. The van der Waals surface area contributed by atoms with E-state index in [1.165, 1.54) is 0 Å². The fourth-order valence-electron chi connectivity index (χ4n) is 4.74. The van der Waals surface area contributed by atoms with Gasteiger partial charge in [0, 0.05) is 55.2 Å². The third kappa shape index (κ3) is 4.03. The number of hydrogen-bond donors (Lipinski definition) is 1. The lowest BCUT2D eigenvalue weighted by Crippen LogP contribution is -2.54. The van der Waals surface area contributed by atoms with Crippen LogP contribution in [-0.4, -0.2) is 82.2 Å². The molecule has 0 saturated carbocycles. The first kappa shape index (κ1) is 21.1. The highest BCUT2D eigenvalue weighted by Gasteiger charge is 2.38. The number of benzene rings is 2. The molecule has 32 heavy (non-hydrogen) atoms. The van der Waals surface area contributed by atoms with Crippen LogP contribution in [-0.2, 0) is 0 Å². The van der Waals surface area contributed by atoms with Gasteiger partial charge in [0.25, 0.3) is 5.91 Å². The normalized spacial score (nSPS) is 22.0. The van der Waals surface area contributed by atoms with Gasteiger partial charge in [-0.1, -0.05) is 17.7 Å². The molecule has 3 aromatic rings. The second-order valence-electron chi connectivity index (χ2n) is 8.59. The van der Waals surface area contributed by atoms with Crippen LogP contribution in [0, 0.1) is 6.92 Å². The summed E-state index contributed by atoms with van der Waals surface area (Å²) >= 11 is 5.94. The van der Waals surface area contributed by atoms with Crippen molar-refractivity contribution >= 4 is 34.2 Å². The third-order valence-electron chi connectivity index (χ3n) is 6.49. The van der Waals surface area contributed by atoms with Crippen molar-refractivity contribution in [3.8, 4) is 0 Å². The number of aliphatic hydroxyl groups excluding tert-OH is 1. The van der Waals surface area contributed by atoms with Crippen LogP contribution in [0.15, 0.2) is 48.8 Å². The molecule has 1 N–H and O–H groups in total. The van der Waals surface area contributed by atoms with Gasteiger partial charge in [0.15, 0.2) is 0 Å². The van der Waals surface area contributed by atoms with Crippen LogP contribution in [0.4, 0.5) is 5.82 Å². The van der Waals surface area contributed by atoms with E-state index in [-0.39, 0.29) is 11.9 Å². The molecule has 1 amide bonds. The fourth-order valence-corrected chi connectivity index (χ4v) is 4.86. The topological polar surface area (TPSA) is 72.8 Å². The number of halogens is 1. The first-order valence-electron chi connectivity index (χ1n) is 10.9. The average molecular weight is 452 g/mol. The average Bonchev–Trinajstić information content (AvgIpc) is 3.20. The van der Waals surface area contributed by atoms with Crippen molar-refractivity contribution in [1.82, 2.24) is 19.8 Å². The molecule has 2 aromatic carbocycles. The summed E-state index contributed by atoms with van der Waals surface area (Å²) in [5.41, 5.74) is 2.73. The highest BCUT2D eigenvalue weighted by molar-refractivity contribution is 6.30. The number of aliphatic hydroxyl groups is 1. The molecule has 1 aromatic heterocycles. The van der Waals surface area contributed by atoms with Crippen molar-refractivity contribution in [2.75, 3.05) is 44.2 Å². The molecule has 0 spiro atoms. The molecule has 2 saturated heterocycles.